The van der Waals surface area contributed by atoms with Crippen LogP contribution in [0.25, 0.3) is 0 Å². The van der Waals surface area contributed by atoms with E-state index in [1.807, 2.05) is 20.8 Å². The molecule has 6 nitrogen and oxygen atoms in total. The molecule has 0 saturated heterocycles. The zero-order valence-corrected chi connectivity index (χ0v) is 17.4. The smallest absolute Gasteiger partial charge is 0.227 e. The van der Waals surface area contributed by atoms with Crippen molar-refractivity contribution in [2.45, 2.75) is 52.0 Å². The van der Waals surface area contributed by atoms with E-state index in [1.165, 1.54) is 14.2 Å². The lowest BCUT2D eigenvalue weighted by Crippen LogP contribution is -2.45. The number of hydrogen-bond acceptors (Lipinski definition) is 4. The molecule has 1 aliphatic carbocycles. The number of nitrogens with one attached hydrogen (secondary N) is 2. The third-order valence-corrected chi connectivity index (χ3v) is 4.99. The molecule has 1 aliphatic rings. The molecule has 1 saturated carbocycles. The summed E-state index contributed by atoms with van der Waals surface area (Å²) in [6.07, 6.45) is 2.78. The monoisotopic (exact) mass is 396 g/mol. The summed E-state index contributed by atoms with van der Waals surface area (Å²) in [4.78, 5) is 25.0. The van der Waals surface area contributed by atoms with Crippen LogP contribution in [0.1, 0.15) is 46.5 Å². The first-order chi connectivity index (χ1) is 12.6. The average molecular weight is 397 g/mol. The van der Waals surface area contributed by atoms with Crippen molar-refractivity contribution in [2.24, 2.45) is 11.8 Å². The van der Waals surface area contributed by atoms with Crippen molar-refractivity contribution < 1.29 is 19.1 Å². The molecule has 27 heavy (non-hydrogen) atoms. The van der Waals surface area contributed by atoms with Crippen molar-refractivity contribution in [3.05, 3.63) is 17.2 Å². The highest BCUT2D eigenvalue weighted by Crippen LogP contribution is 2.37. The van der Waals surface area contributed by atoms with Gasteiger partial charge in [0.05, 0.1) is 24.9 Å². The van der Waals surface area contributed by atoms with Crippen molar-refractivity contribution in [3.8, 4) is 11.5 Å². The number of hydrogen-bond donors (Lipinski definition) is 2. The molecule has 1 aromatic rings. The maximum atomic E-state index is 12.7. The summed E-state index contributed by atoms with van der Waals surface area (Å²) in [7, 11) is 3.04. The molecule has 0 aliphatic heterocycles. The van der Waals surface area contributed by atoms with E-state index in [0.717, 1.165) is 0 Å². The predicted molar refractivity (Wildman–Crippen MR) is 107 cm³/mol. The molecule has 0 radical (unpaired) electrons. The van der Waals surface area contributed by atoms with Crippen molar-refractivity contribution in [2.75, 3.05) is 19.5 Å². The molecule has 2 N–H and O–H groups in total. The van der Waals surface area contributed by atoms with Gasteiger partial charge in [0.25, 0.3) is 0 Å². The maximum absolute atomic E-state index is 12.7. The van der Waals surface area contributed by atoms with Gasteiger partial charge in [0.1, 0.15) is 11.5 Å². The minimum absolute atomic E-state index is 0.0292. The predicted octanol–water partition coefficient (Wildman–Crippen LogP) is 4.02. The van der Waals surface area contributed by atoms with Crippen LogP contribution in [0.3, 0.4) is 0 Å². The summed E-state index contributed by atoms with van der Waals surface area (Å²) in [6, 6.07) is 3.27. The Morgan fingerprint density at radius 2 is 1.48 bits per heavy atom. The van der Waals surface area contributed by atoms with E-state index in [4.69, 9.17) is 21.1 Å². The molecule has 7 heteroatoms. The molecule has 150 valence electrons. The van der Waals surface area contributed by atoms with E-state index in [9.17, 15) is 9.59 Å². The van der Waals surface area contributed by atoms with Gasteiger partial charge in [0, 0.05) is 29.5 Å². The Hall–Kier alpha value is -1.95. The molecule has 0 aromatic heterocycles. The van der Waals surface area contributed by atoms with Gasteiger partial charge < -0.3 is 20.1 Å². The molecule has 0 atom stereocenters. The van der Waals surface area contributed by atoms with Crippen molar-refractivity contribution in [1.29, 1.82) is 0 Å². The average Bonchev–Trinajstić information content (AvgIpc) is 2.61. The molecular formula is C20H29ClN2O4. The van der Waals surface area contributed by atoms with E-state index in [1.54, 1.807) is 12.1 Å². The van der Waals surface area contributed by atoms with Crippen LogP contribution in [0, 0.1) is 11.8 Å². The van der Waals surface area contributed by atoms with Gasteiger partial charge in [0.2, 0.25) is 11.8 Å². The standard InChI is InChI=1S/C20H29ClN2O4/c1-20(2,3)23-19(25)13-8-6-12(7-9-13)18(24)22-15-11-16(26-4)14(21)10-17(15)27-5/h10-13H,6-9H2,1-5H3,(H,22,24)(H,23,25). The highest BCUT2D eigenvalue weighted by Gasteiger charge is 2.31. The van der Waals surface area contributed by atoms with Crippen LogP contribution < -0.4 is 20.1 Å². The number of carbonyl (C=O) groups excluding carboxylic acids is 2. The molecule has 1 aromatic carbocycles. The molecule has 0 bridgehead atoms. The third-order valence-electron chi connectivity index (χ3n) is 4.70. The van der Waals surface area contributed by atoms with E-state index < -0.39 is 0 Å². The maximum Gasteiger partial charge on any atom is 0.227 e. The SMILES string of the molecule is COc1cc(NC(=O)C2CCC(C(=O)NC(C)(C)C)CC2)c(OC)cc1Cl. The lowest BCUT2D eigenvalue weighted by molar-refractivity contribution is -0.129. The van der Waals surface area contributed by atoms with Crippen molar-refractivity contribution in [3.63, 3.8) is 0 Å². The van der Waals surface area contributed by atoms with Gasteiger partial charge in [-0.25, -0.2) is 0 Å². The first-order valence-corrected chi connectivity index (χ1v) is 9.56. The fraction of sp³-hybridized carbons (Fsp3) is 0.600. The van der Waals surface area contributed by atoms with Crippen LogP contribution in [0.5, 0.6) is 11.5 Å². The Morgan fingerprint density at radius 3 is 1.96 bits per heavy atom. The molecular weight excluding hydrogens is 368 g/mol. The normalized spacial score (nSPS) is 19.9. The van der Waals surface area contributed by atoms with Gasteiger partial charge in [-0.05, 0) is 46.5 Å². The summed E-state index contributed by atoms with van der Waals surface area (Å²) in [5, 5.41) is 6.35. The Bertz CT molecular complexity index is 692. The van der Waals surface area contributed by atoms with E-state index in [2.05, 4.69) is 10.6 Å². The molecule has 0 spiro atoms. The van der Waals surface area contributed by atoms with E-state index >= 15 is 0 Å². The van der Waals surface area contributed by atoms with Crippen LogP contribution in [0.15, 0.2) is 12.1 Å². The first-order valence-electron chi connectivity index (χ1n) is 9.19. The zero-order chi connectivity index (χ0) is 20.2. The number of ether oxygens (including phenoxy) is 2. The number of rotatable bonds is 5. The summed E-state index contributed by atoms with van der Waals surface area (Å²) in [5.74, 6) is 0.786. The van der Waals surface area contributed by atoms with Crippen molar-refractivity contribution >= 4 is 29.1 Å². The number of carbonyl (C=O) groups is 2. The molecule has 2 rings (SSSR count). The lowest BCUT2D eigenvalue weighted by Gasteiger charge is -2.30. The molecule has 0 heterocycles. The second-order valence-corrected chi connectivity index (χ2v) is 8.37. The quantitative estimate of drug-likeness (QED) is 0.788. The van der Waals surface area contributed by atoms with Crippen molar-refractivity contribution in [1.82, 2.24) is 5.32 Å². The number of methoxy groups -OCH3 is 2. The van der Waals surface area contributed by atoms with Crippen LogP contribution in [0.2, 0.25) is 5.02 Å². The van der Waals surface area contributed by atoms with Gasteiger partial charge in [0.15, 0.2) is 0 Å². The van der Waals surface area contributed by atoms with Crippen LogP contribution >= 0.6 is 11.6 Å². The summed E-state index contributed by atoms with van der Waals surface area (Å²) >= 11 is 6.10. The molecule has 0 unspecified atom stereocenters. The van der Waals surface area contributed by atoms with Gasteiger partial charge in [-0.2, -0.15) is 0 Å². The zero-order valence-electron chi connectivity index (χ0n) is 16.6. The Morgan fingerprint density at radius 1 is 0.963 bits per heavy atom. The Balaban J connectivity index is 1.98. The summed E-state index contributed by atoms with van der Waals surface area (Å²) < 4.78 is 10.5. The summed E-state index contributed by atoms with van der Waals surface area (Å²) in [6.45, 7) is 5.91. The number of halogens is 1. The van der Waals surface area contributed by atoms with Gasteiger partial charge in [-0.3, -0.25) is 9.59 Å². The van der Waals surface area contributed by atoms with Gasteiger partial charge in [-0.15, -0.1) is 0 Å². The van der Waals surface area contributed by atoms with Gasteiger partial charge in [-0.1, -0.05) is 11.6 Å². The highest BCUT2D eigenvalue weighted by molar-refractivity contribution is 6.32. The first kappa shape index (κ1) is 21.4. The fourth-order valence-corrected chi connectivity index (χ4v) is 3.51. The van der Waals surface area contributed by atoms with E-state index in [0.29, 0.717) is 47.9 Å². The fourth-order valence-electron chi connectivity index (χ4n) is 3.28. The second-order valence-electron chi connectivity index (χ2n) is 7.96. The highest BCUT2D eigenvalue weighted by atomic mass is 35.5. The van der Waals surface area contributed by atoms with Crippen LogP contribution in [-0.4, -0.2) is 31.6 Å². The Labute approximate surface area is 165 Å². The summed E-state index contributed by atoms with van der Waals surface area (Å²) in [5.41, 5.74) is 0.284. The largest absolute Gasteiger partial charge is 0.495 e. The minimum atomic E-state index is -0.241. The Kier molecular flexibility index (Phi) is 6.98. The third kappa shape index (κ3) is 5.76. The number of anilines is 1. The van der Waals surface area contributed by atoms with Crippen LogP contribution in [0.4, 0.5) is 5.69 Å². The molecule has 2 amide bonds. The number of benzene rings is 1. The minimum Gasteiger partial charge on any atom is -0.495 e. The van der Waals surface area contributed by atoms with Crippen LogP contribution in [-0.2, 0) is 9.59 Å². The van der Waals surface area contributed by atoms with Gasteiger partial charge >= 0.3 is 0 Å². The second kappa shape index (κ2) is 8.83. The van der Waals surface area contributed by atoms with E-state index in [-0.39, 0.29) is 29.2 Å². The topological polar surface area (TPSA) is 76.7 Å². The lowest BCUT2D eigenvalue weighted by atomic mass is 9.81. The molecule has 1 fully saturated rings. The number of amides is 2.